The summed E-state index contributed by atoms with van der Waals surface area (Å²) in [5, 5.41) is 9.43. The second kappa shape index (κ2) is 14.4. The number of aromatic nitrogens is 3. The van der Waals surface area contributed by atoms with Crippen molar-refractivity contribution in [3.8, 4) is 11.3 Å². The Morgan fingerprint density at radius 3 is 0.863 bits per heavy atom. The van der Waals surface area contributed by atoms with Crippen molar-refractivity contribution in [1.29, 1.82) is 0 Å². The van der Waals surface area contributed by atoms with Gasteiger partial charge in [-0.15, -0.1) is 0 Å². The lowest BCUT2D eigenvalue weighted by Gasteiger charge is -2.38. The molecule has 6 aromatic carbocycles. The van der Waals surface area contributed by atoms with Gasteiger partial charge in [0.15, 0.2) is 4.73 Å². The van der Waals surface area contributed by atoms with Crippen LogP contribution in [-0.2, 0) is 0 Å². The van der Waals surface area contributed by atoms with Crippen LogP contribution < -0.4 is 41.8 Å². The fourth-order valence-corrected chi connectivity index (χ4v) is 18.1. The van der Waals surface area contributed by atoms with Gasteiger partial charge in [0.05, 0.1) is 16.3 Å². The molecular formula is C45H34BrN3Si2. The zero-order valence-corrected chi connectivity index (χ0v) is 31.4. The Hall–Kier alpha value is -5.54. The summed E-state index contributed by atoms with van der Waals surface area (Å²) in [6.45, 7) is 0. The minimum absolute atomic E-state index is 0.562. The predicted octanol–water partition coefficient (Wildman–Crippen LogP) is 5.06. The summed E-state index contributed by atoms with van der Waals surface area (Å²) >= 11 is 3.94. The highest BCUT2D eigenvalue weighted by Gasteiger charge is 2.50. The van der Waals surface area contributed by atoms with Crippen LogP contribution in [0.4, 0.5) is 0 Å². The first-order chi connectivity index (χ1) is 25.2. The van der Waals surface area contributed by atoms with Crippen molar-refractivity contribution in [3.63, 3.8) is 0 Å². The Bertz CT molecular complexity index is 2010. The number of benzene rings is 6. The van der Waals surface area contributed by atoms with E-state index in [1.807, 2.05) is 12.3 Å². The molecule has 3 nitrogen and oxygen atoms in total. The molecular weight excluding hydrogens is 719 g/mol. The summed E-state index contributed by atoms with van der Waals surface area (Å²) in [7, 11) is -6.34. The Morgan fingerprint density at radius 1 is 0.333 bits per heavy atom. The van der Waals surface area contributed by atoms with Crippen LogP contribution in [-0.4, -0.2) is 31.1 Å². The monoisotopic (exact) mass is 751 g/mol. The number of rotatable bonds is 9. The lowest BCUT2D eigenvalue weighted by molar-refractivity contribution is 1.15. The smallest absolute Gasteiger partial charge is 0.202 e. The molecule has 0 unspecified atom stereocenters. The van der Waals surface area contributed by atoms with Gasteiger partial charge in [-0.2, -0.15) is 0 Å². The molecule has 0 fully saturated rings. The maximum Gasteiger partial charge on any atom is 0.202 e. The summed E-state index contributed by atoms with van der Waals surface area (Å²) in [5.74, 6) is 0. The van der Waals surface area contributed by atoms with Crippen LogP contribution in [0, 0.1) is 0 Å². The number of pyridine rings is 1. The highest BCUT2D eigenvalue weighted by molar-refractivity contribution is 9.10. The summed E-state index contributed by atoms with van der Waals surface area (Å²) in [4.78, 5) is 16.2. The van der Waals surface area contributed by atoms with Crippen molar-refractivity contribution in [3.05, 3.63) is 211 Å². The highest BCUT2D eigenvalue weighted by atomic mass is 79.9. The molecule has 8 aromatic rings. The molecule has 0 aliphatic carbocycles. The fraction of sp³-hybridized carbons (Fsp3) is 0. The molecule has 8 rings (SSSR count). The zero-order valence-electron chi connectivity index (χ0n) is 27.8. The first-order valence-electron chi connectivity index (χ1n) is 17.1. The van der Waals surface area contributed by atoms with Crippen LogP contribution in [0.3, 0.4) is 0 Å². The minimum atomic E-state index is -3.17. The third-order valence-electron chi connectivity index (χ3n) is 9.75. The van der Waals surface area contributed by atoms with E-state index in [1.165, 1.54) is 31.1 Å². The molecule has 0 bridgehead atoms. The third-order valence-corrected chi connectivity index (χ3v) is 19.4. The zero-order chi connectivity index (χ0) is 34.5. The predicted molar refractivity (Wildman–Crippen MR) is 220 cm³/mol. The van der Waals surface area contributed by atoms with Gasteiger partial charge < -0.3 is 0 Å². The van der Waals surface area contributed by atoms with Crippen LogP contribution in [0.1, 0.15) is 0 Å². The first kappa shape index (κ1) is 32.7. The van der Waals surface area contributed by atoms with Crippen molar-refractivity contribution in [2.45, 2.75) is 0 Å². The molecule has 6 heteroatoms. The minimum Gasteiger partial charge on any atom is -0.256 e. The van der Waals surface area contributed by atoms with Crippen molar-refractivity contribution in [1.82, 2.24) is 15.0 Å². The van der Waals surface area contributed by atoms with Gasteiger partial charge in [-0.05, 0) is 59.2 Å². The van der Waals surface area contributed by atoms with Crippen molar-refractivity contribution >= 4 is 73.8 Å². The van der Waals surface area contributed by atoms with E-state index >= 15 is 0 Å². The van der Waals surface area contributed by atoms with E-state index in [0.717, 1.165) is 21.9 Å². The Labute approximate surface area is 309 Å². The Kier molecular flexibility index (Phi) is 9.20. The highest BCUT2D eigenvalue weighted by Crippen LogP contribution is 2.22. The van der Waals surface area contributed by atoms with E-state index in [1.54, 1.807) is 0 Å². The average Bonchev–Trinajstić information content (AvgIpc) is 3.21. The van der Waals surface area contributed by atoms with Gasteiger partial charge in [-0.1, -0.05) is 188 Å². The quantitative estimate of drug-likeness (QED) is 0.118. The van der Waals surface area contributed by atoms with E-state index in [-0.39, 0.29) is 0 Å². The second-order valence-electron chi connectivity index (χ2n) is 12.5. The van der Waals surface area contributed by atoms with Crippen molar-refractivity contribution in [2.24, 2.45) is 0 Å². The Morgan fingerprint density at radius 2 is 0.608 bits per heavy atom. The molecule has 0 amide bonds. The summed E-state index contributed by atoms with van der Waals surface area (Å²) in [6.07, 6.45) is 1.89. The molecule has 0 radical (unpaired) electrons. The third kappa shape index (κ3) is 5.71. The summed E-state index contributed by atoms with van der Waals surface area (Å²) in [6, 6.07) is 71.9. The van der Waals surface area contributed by atoms with E-state index in [0.29, 0.717) is 4.73 Å². The SMILES string of the molecule is Brc1nc([Si](c2ccccc2)(c2ccccc2)c2ccccc2)c(-c2ccccn2)c([Si](c2ccccc2)(c2ccccc2)c2ccccc2)n1. The van der Waals surface area contributed by atoms with Crippen LogP contribution in [0.2, 0.25) is 0 Å². The lowest BCUT2D eigenvalue weighted by atomic mass is 10.2. The summed E-state index contributed by atoms with van der Waals surface area (Å²) < 4.78 is 0.562. The average molecular weight is 753 g/mol. The molecule has 244 valence electrons. The standard InChI is InChI=1S/C45H34BrN3Si2/c46-45-48-43(50(35-21-7-1-8-22-35,36-23-9-2-10-24-36)37-25-11-3-12-26-37)42(41-33-19-20-34-47-41)44(49-45)51(38-27-13-4-14-28-38,39-29-15-5-16-30-39)40-31-17-6-18-32-40/h1-34H. The normalized spacial score (nSPS) is 11.6. The maximum absolute atomic E-state index is 5.56. The van der Waals surface area contributed by atoms with Crippen LogP contribution in [0.15, 0.2) is 211 Å². The lowest BCUT2D eigenvalue weighted by Crippen LogP contribution is -2.79. The fourth-order valence-electron chi connectivity index (χ4n) is 7.68. The molecule has 0 atom stereocenters. The van der Waals surface area contributed by atoms with Crippen LogP contribution in [0.5, 0.6) is 0 Å². The molecule has 0 aliphatic heterocycles. The largest absolute Gasteiger partial charge is 0.256 e. The molecule has 0 spiro atoms. The van der Waals surface area contributed by atoms with Gasteiger partial charge in [0.2, 0.25) is 16.1 Å². The second-order valence-corrected chi connectivity index (χ2v) is 20.6. The van der Waals surface area contributed by atoms with E-state index in [4.69, 9.17) is 15.0 Å². The molecule has 0 aliphatic rings. The Balaban J connectivity index is 1.65. The van der Waals surface area contributed by atoms with Crippen molar-refractivity contribution in [2.75, 3.05) is 0 Å². The van der Waals surface area contributed by atoms with E-state index < -0.39 is 16.1 Å². The topological polar surface area (TPSA) is 38.7 Å². The van der Waals surface area contributed by atoms with Gasteiger partial charge in [-0.25, -0.2) is 9.97 Å². The molecule has 51 heavy (non-hydrogen) atoms. The van der Waals surface area contributed by atoms with E-state index in [9.17, 15) is 0 Å². The summed E-state index contributed by atoms with van der Waals surface area (Å²) in [5.41, 5.74) is 1.85. The number of hydrogen-bond donors (Lipinski definition) is 0. The van der Waals surface area contributed by atoms with Crippen LogP contribution in [0.25, 0.3) is 11.3 Å². The number of nitrogens with zero attached hydrogens (tertiary/aromatic N) is 3. The van der Waals surface area contributed by atoms with Gasteiger partial charge in [-0.3, -0.25) is 4.98 Å². The molecule has 0 saturated heterocycles. The van der Waals surface area contributed by atoms with Crippen molar-refractivity contribution < 1.29 is 0 Å². The molecule has 2 heterocycles. The maximum atomic E-state index is 5.56. The molecule has 0 saturated carbocycles. The van der Waals surface area contributed by atoms with Crippen LogP contribution >= 0.6 is 15.9 Å². The van der Waals surface area contributed by atoms with Gasteiger partial charge in [0.1, 0.15) is 0 Å². The number of halogens is 1. The van der Waals surface area contributed by atoms with Gasteiger partial charge >= 0.3 is 0 Å². The first-order valence-corrected chi connectivity index (χ1v) is 21.9. The van der Waals surface area contributed by atoms with E-state index in [2.05, 4.69) is 210 Å². The molecule has 2 aromatic heterocycles. The molecule has 0 N–H and O–H groups in total. The van der Waals surface area contributed by atoms with Gasteiger partial charge in [0, 0.05) is 11.8 Å². The van der Waals surface area contributed by atoms with Gasteiger partial charge in [0.25, 0.3) is 0 Å². The number of hydrogen-bond acceptors (Lipinski definition) is 3.